The molecule has 0 spiro atoms. The van der Waals surface area contributed by atoms with Crippen molar-refractivity contribution < 1.29 is 0 Å². The molecule has 0 aliphatic heterocycles. The third-order valence-electron chi connectivity index (χ3n) is 0.700. The lowest BCUT2D eigenvalue weighted by Crippen LogP contribution is -2.05. The van der Waals surface area contributed by atoms with E-state index in [1.54, 1.807) is 0 Å². The molecule has 0 amide bonds. The summed E-state index contributed by atoms with van der Waals surface area (Å²) in [6.07, 6.45) is 2.71. The summed E-state index contributed by atoms with van der Waals surface area (Å²) < 4.78 is 0. The minimum atomic E-state index is -0.205. The standard InChI is InChI=1S/C4H4N2OS/c7-4-3(8)1-5-2-6-4/h1-2,8H,(H,5,6,7). The molecule has 0 radical (unpaired) electrons. The Hall–Kier alpha value is -0.770. The van der Waals surface area contributed by atoms with E-state index in [0.29, 0.717) is 4.90 Å². The van der Waals surface area contributed by atoms with Crippen LogP contribution in [0.1, 0.15) is 0 Å². The van der Waals surface area contributed by atoms with Crippen LogP contribution in [0.5, 0.6) is 0 Å². The fourth-order valence-corrected chi connectivity index (χ4v) is 0.468. The van der Waals surface area contributed by atoms with Gasteiger partial charge < -0.3 is 4.98 Å². The Kier molecular flexibility index (Phi) is 1.34. The zero-order chi connectivity index (χ0) is 5.98. The van der Waals surface area contributed by atoms with Crippen LogP contribution >= 0.6 is 12.6 Å². The maximum Gasteiger partial charge on any atom is 0.264 e. The summed E-state index contributed by atoms with van der Waals surface area (Å²) in [5.74, 6) is 0. The van der Waals surface area contributed by atoms with Gasteiger partial charge in [0.15, 0.2) is 0 Å². The Morgan fingerprint density at radius 1 is 1.75 bits per heavy atom. The molecule has 42 valence electrons. The molecule has 1 heterocycles. The predicted molar refractivity (Wildman–Crippen MR) is 32.1 cm³/mol. The van der Waals surface area contributed by atoms with Gasteiger partial charge in [0.25, 0.3) is 5.56 Å². The highest BCUT2D eigenvalue weighted by Crippen LogP contribution is 1.88. The normalized spacial score (nSPS) is 9.12. The molecule has 8 heavy (non-hydrogen) atoms. The molecule has 0 aliphatic carbocycles. The first-order valence-corrected chi connectivity index (χ1v) is 2.47. The largest absolute Gasteiger partial charge is 0.312 e. The average molecular weight is 128 g/mol. The third-order valence-corrected chi connectivity index (χ3v) is 1.02. The maximum absolute atomic E-state index is 10.4. The van der Waals surface area contributed by atoms with Crippen LogP contribution in [-0.4, -0.2) is 9.97 Å². The first-order valence-electron chi connectivity index (χ1n) is 2.02. The van der Waals surface area contributed by atoms with Crippen molar-refractivity contribution in [1.29, 1.82) is 0 Å². The summed E-state index contributed by atoms with van der Waals surface area (Å²) in [6.45, 7) is 0. The van der Waals surface area contributed by atoms with Crippen molar-refractivity contribution in [3.63, 3.8) is 0 Å². The van der Waals surface area contributed by atoms with Crippen LogP contribution in [0, 0.1) is 0 Å². The highest BCUT2D eigenvalue weighted by Gasteiger charge is 1.86. The molecule has 1 N–H and O–H groups in total. The molecule has 0 unspecified atom stereocenters. The van der Waals surface area contributed by atoms with E-state index in [9.17, 15) is 4.79 Å². The zero-order valence-corrected chi connectivity index (χ0v) is 4.85. The monoisotopic (exact) mass is 128 g/mol. The van der Waals surface area contributed by atoms with Gasteiger partial charge in [-0.1, -0.05) is 0 Å². The van der Waals surface area contributed by atoms with Crippen molar-refractivity contribution in [1.82, 2.24) is 9.97 Å². The number of thiol groups is 1. The summed E-state index contributed by atoms with van der Waals surface area (Å²) in [5, 5.41) is 0. The van der Waals surface area contributed by atoms with Crippen LogP contribution in [0.15, 0.2) is 22.2 Å². The lowest BCUT2D eigenvalue weighted by Gasteiger charge is -1.82. The van der Waals surface area contributed by atoms with Gasteiger partial charge in [-0.15, -0.1) is 12.6 Å². The molecule has 0 aromatic carbocycles. The molecule has 1 aromatic heterocycles. The Labute approximate surface area is 51.2 Å². The fraction of sp³-hybridized carbons (Fsp3) is 0. The lowest BCUT2D eigenvalue weighted by atomic mass is 10.7. The first-order chi connectivity index (χ1) is 3.80. The van der Waals surface area contributed by atoms with Gasteiger partial charge in [0, 0.05) is 6.20 Å². The third kappa shape index (κ3) is 0.894. The van der Waals surface area contributed by atoms with Crippen molar-refractivity contribution in [2.75, 3.05) is 0 Å². The Morgan fingerprint density at radius 2 is 2.50 bits per heavy atom. The molecule has 4 heteroatoms. The van der Waals surface area contributed by atoms with Crippen LogP contribution in [0.25, 0.3) is 0 Å². The first kappa shape index (κ1) is 5.37. The molecular formula is C4H4N2OS. The van der Waals surface area contributed by atoms with Crippen molar-refractivity contribution >= 4 is 12.6 Å². The van der Waals surface area contributed by atoms with Gasteiger partial charge in [-0.3, -0.25) is 4.79 Å². The minimum Gasteiger partial charge on any atom is -0.312 e. The molecule has 0 saturated heterocycles. The fourth-order valence-electron chi connectivity index (χ4n) is 0.336. The van der Waals surface area contributed by atoms with Crippen molar-refractivity contribution in [3.05, 3.63) is 22.9 Å². The quantitative estimate of drug-likeness (QED) is 0.485. The Bertz CT molecular complexity index is 231. The summed E-state index contributed by atoms with van der Waals surface area (Å²) in [6, 6.07) is 0. The van der Waals surface area contributed by atoms with Crippen molar-refractivity contribution in [2.24, 2.45) is 0 Å². The molecule has 0 aliphatic rings. The van der Waals surface area contributed by atoms with Crippen molar-refractivity contribution in [3.8, 4) is 0 Å². The smallest absolute Gasteiger partial charge is 0.264 e. The van der Waals surface area contributed by atoms with Gasteiger partial charge in [-0.2, -0.15) is 0 Å². The lowest BCUT2D eigenvalue weighted by molar-refractivity contribution is 1.04. The second-order valence-electron chi connectivity index (χ2n) is 1.27. The molecule has 1 rings (SSSR count). The second-order valence-corrected chi connectivity index (χ2v) is 1.75. The predicted octanol–water partition coefficient (Wildman–Crippen LogP) is 0.0586. The average Bonchev–Trinajstić information content (AvgIpc) is 1.77. The van der Waals surface area contributed by atoms with Crippen LogP contribution in [-0.2, 0) is 0 Å². The van der Waals surface area contributed by atoms with Gasteiger partial charge in [-0.05, 0) is 0 Å². The number of nitrogens with one attached hydrogen (secondary N) is 1. The summed E-state index contributed by atoms with van der Waals surface area (Å²) in [4.78, 5) is 16.8. The Morgan fingerprint density at radius 3 is 2.88 bits per heavy atom. The number of hydrogen-bond donors (Lipinski definition) is 2. The van der Waals surface area contributed by atoms with Gasteiger partial charge in [0.05, 0.1) is 11.2 Å². The molecule has 0 bridgehead atoms. The summed E-state index contributed by atoms with van der Waals surface area (Å²) >= 11 is 3.79. The van der Waals surface area contributed by atoms with Crippen molar-refractivity contribution in [2.45, 2.75) is 4.90 Å². The summed E-state index contributed by atoms with van der Waals surface area (Å²) in [5.41, 5.74) is -0.205. The number of aromatic amines is 1. The molecule has 0 saturated carbocycles. The molecular weight excluding hydrogens is 124 g/mol. The molecule has 1 aromatic rings. The molecule has 0 atom stereocenters. The van der Waals surface area contributed by atoms with Crippen LogP contribution in [0.4, 0.5) is 0 Å². The van der Waals surface area contributed by atoms with Crippen LogP contribution in [0.3, 0.4) is 0 Å². The number of nitrogens with zero attached hydrogens (tertiary/aromatic N) is 1. The molecule has 3 nitrogen and oxygen atoms in total. The van der Waals surface area contributed by atoms with Crippen LogP contribution in [0.2, 0.25) is 0 Å². The molecule has 0 fully saturated rings. The minimum absolute atomic E-state index is 0.205. The van der Waals surface area contributed by atoms with Gasteiger partial charge in [0.2, 0.25) is 0 Å². The van der Waals surface area contributed by atoms with E-state index in [0.717, 1.165) is 0 Å². The number of hydrogen-bond acceptors (Lipinski definition) is 3. The van der Waals surface area contributed by atoms with E-state index in [1.807, 2.05) is 0 Å². The summed E-state index contributed by atoms with van der Waals surface area (Å²) in [7, 11) is 0. The second kappa shape index (κ2) is 2.00. The number of H-pyrrole nitrogens is 1. The van der Waals surface area contributed by atoms with E-state index in [4.69, 9.17) is 0 Å². The van der Waals surface area contributed by atoms with Gasteiger partial charge >= 0.3 is 0 Å². The van der Waals surface area contributed by atoms with E-state index >= 15 is 0 Å². The highest BCUT2D eigenvalue weighted by atomic mass is 32.1. The van der Waals surface area contributed by atoms with E-state index in [2.05, 4.69) is 22.6 Å². The number of aromatic nitrogens is 2. The topological polar surface area (TPSA) is 45.8 Å². The Balaban J connectivity index is 3.35. The van der Waals surface area contributed by atoms with E-state index in [-0.39, 0.29) is 5.56 Å². The highest BCUT2D eigenvalue weighted by molar-refractivity contribution is 7.80. The van der Waals surface area contributed by atoms with Gasteiger partial charge in [-0.25, -0.2) is 4.98 Å². The zero-order valence-electron chi connectivity index (χ0n) is 3.96. The number of rotatable bonds is 0. The van der Waals surface area contributed by atoms with E-state index in [1.165, 1.54) is 12.5 Å². The van der Waals surface area contributed by atoms with Crippen LogP contribution < -0.4 is 5.56 Å². The van der Waals surface area contributed by atoms with Gasteiger partial charge in [0.1, 0.15) is 0 Å². The maximum atomic E-state index is 10.4. The van der Waals surface area contributed by atoms with E-state index < -0.39 is 0 Å². The SMILES string of the molecule is O=c1[nH]cncc1S.